The van der Waals surface area contributed by atoms with Crippen molar-refractivity contribution >= 4 is 22.4 Å². The second-order valence-corrected chi connectivity index (χ2v) is 5.47. The van der Waals surface area contributed by atoms with Gasteiger partial charge in [-0.25, -0.2) is 0 Å². The van der Waals surface area contributed by atoms with E-state index in [0.717, 1.165) is 10.6 Å². The largest absolute Gasteiger partial charge is 0.326 e. The molecule has 0 spiro atoms. The third-order valence-electron chi connectivity index (χ3n) is 2.44. The van der Waals surface area contributed by atoms with Gasteiger partial charge < -0.3 is 5.32 Å². The van der Waals surface area contributed by atoms with Crippen LogP contribution in [-0.4, -0.2) is 15.1 Å². The first-order valence-electron chi connectivity index (χ1n) is 5.81. The zero-order valence-electron chi connectivity index (χ0n) is 10.5. The molecule has 1 aromatic heterocycles. The van der Waals surface area contributed by atoms with E-state index in [9.17, 15) is 9.00 Å². The molecule has 1 N–H and O–H groups in total. The smallest absolute Gasteiger partial charge is 0.221 e. The quantitative estimate of drug-likeness (QED) is 0.931. The standard InChI is InChI=1S/C14H14N2O2S/c1-11(17)16-12-5-7-14(8-6-12)19(18)10-13-4-2-3-9-15-13/h2-9H,10H2,1H3,(H,16,17)/t19-/m0/s1. The van der Waals surface area contributed by atoms with Gasteiger partial charge in [-0.05, 0) is 36.4 Å². The van der Waals surface area contributed by atoms with E-state index in [1.165, 1.54) is 6.92 Å². The fraction of sp³-hybridized carbons (Fsp3) is 0.143. The van der Waals surface area contributed by atoms with Gasteiger partial charge >= 0.3 is 0 Å². The lowest BCUT2D eigenvalue weighted by Gasteiger charge is -2.04. The summed E-state index contributed by atoms with van der Waals surface area (Å²) in [6, 6.07) is 12.5. The van der Waals surface area contributed by atoms with Crippen molar-refractivity contribution in [2.24, 2.45) is 0 Å². The fourth-order valence-electron chi connectivity index (χ4n) is 1.59. The lowest BCUT2D eigenvalue weighted by Crippen LogP contribution is -2.05. The molecule has 2 rings (SSSR count). The van der Waals surface area contributed by atoms with Crippen LogP contribution in [0.1, 0.15) is 12.6 Å². The maximum absolute atomic E-state index is 12.1. The SMILES string of the molecule is CC(=O)Nc1ccc([S@@](=O)Cc2ccccn2)cc1. The van der Waals surface area contributed by atoms with E-state index in [1.54, 1.807) is 30.5 Å². The normalized spacial score (nSPS) is 11.8. The van der Waals surface area contributed by atoms with Gasteiger partial charge in [-0.15, -0.1) is 0 Å². The predicted octanol–water partition coefficient (Wildman–Crippen LogP) is 2.35. The Kier molecular flexibility index (Phi) is 4.41. The van der Waals surface area contributed by atoms with Crippen LogP contribution < -0.4 is 5.32 Å². The van der Waals surface area contributed by atoms with E-state index < -0.39 is 10.8 Å². The minimum atomic E-state index is -1.13. The molecule has 0 saturated carbocycles. The van der Waals surface area contributed by atoms with Crippen LogP contribution in [-0.2, 0) is 21.3 Å². The van der Waals surface area contributed by atoms with Crippen LogP contribution in [0.4, 0.5) is 5.69 Å². The maximum atomic E-state index is 12.1. The topological polar surface area (TPSA) is 59.1 Å². The summed E-state index contributed by atoms with van der Waals surface area (Å²) >= 11 is 0. The molecule has 4 nitrogen and oxygen atoms in total. The Morgan fingerprint density at radius 2 is 1.95 bits per heavy atom. The molecule has 0 aliphatic heterocycles. The highest BCUT2D eigenvalue weighted by Gasteiger charge is 2.06. The predicted molar refractivity (Wildman–Crippen MR) is 75.1 cm³/mol. The molecule has 1 aromatic carbocycles. The molecule has 0 saturated heterocycles. The first-order valence-corrected chi connectivity index (χ1v) is 7.13. The molecule has 2 aromatic rings. The molecule has 0 unspecified atom stereocenters. The summed E-state index contributed by atoms with van der Waals surface area (Å²) in [5.41, 5.74) is 1.50. The van der Waals surface area contributed by atoms with E-state index >= 15 is 0 Å². The molecular weight excluding hydrogens is 260 g/mol. The number of aromatic nitrogens is 1. The average molecular weight is 274 g/mol. The minimum Gasteiger partial charge on any atom is -0.326 e. The second-order valence-electron chi connectivity index (χ2n) is 4.02. The number of carbonyl (C=O) groups excluding carboxylic acids is 1. The number of rotatable bonds is 4. The number of benzene rings is 1. The summed E-state index contributed by atoms with van der Waals surface area (Å²) in [5, 5.41) is 2.67. The third-order valence-corrected chi connectivity index (χ3v) is 3.80. The zero-order valence-corrected chi connectivity index (χ0v) is 11.3. The molecule has 98 valence electrons. The van der Waals surface area contributed by atoms with Gasteiger partial charge in [0.05, 0.1) is 22.2 Å². The second kappa shape index (κ2) is 6.24. The Bertz CT molecular complexity index is 582. The van der Waals surface area contributed by atoms with Crippen molar-refractivity contribution in [3.63, 3.8) is 0 Å². The number of hydrogen-bond donors (Lipinski definition) is 1. The van der Waals surface area contributed by atoms with Gasteiger partial charge in [-0.2, -0.15) is 0 Å². The number of amides is 1. The molecule has 0 radical (unpaired) electrons. The van der Waals surface area contributed by atoms with Crippen molar-refractivity contribution in [3.05, 3.63) is 54.4 Å². The van der Waals surface area contributed by atoms with E-state index in [-0.39, 0.29) is 5.91 Å². The van der Waals surface area contributed by atoms with Crippen molar-refractivity contribution in [1.29, 1.82) is 0 Å². The average Bonchev–Trinajstić information content (AvgIpc) is 2.40. The molecule has 1 amide bonds. The van der Waals surface area contributed by atoms with Gasteiger partial charge in [0.15, 0.2) is 0 Å². The van der Waals surface area contributed by atoms with Crippen molar-refractivity contribution in [2.45, 2.75) is 17.6 Å². The van der Waals surface area contributed by atoms with Crippen LogP contribution in [0.2, 0.25) is 0 Å². The summed E-state index contributed by atoms with van der Waals surface area (Å²) in [6.07, 6.45) is 1.69. The number of anilines is 1. The third kappa shape index (κ3) is 3.99. The van der Waals surface area contributed by atoms with E-state index in [1.807, 2.05) is 18.2 Å². The highest BCUT2D eigenvalue weighted by atomic mass is 32.2. The van der Waals surface area contributed by atoms with E-state index in [4.69, 9.17) is 0 Å². The number of carbonyl (C=O) groups is 1. The summed E-state index contributed by atoms with van der Waals surface area (Å²) in [5.74, 6) is 0.266. The minimum absolute atomic E-state index is 0.123. The van der Waals surface area contributed by atoms with Crippen LogP contribution in [0.5, 0.6) is 0 Å². The van der Waals surface area contributed by atoms with Crippen molar-refractivity contribution in [1.82, 2.24) is 4.98 Å². The number of nitrogens with zero attached hydrogens (tertiary/aromatic N) is 1. The molecule has 1 atom stereocenters. The van der Waals surface area contributed by atoms with Crippen molar-refractivity contribution < 1.29 is 9.00 Å². The Morgan fingerprint density at radius 1 is 1.21 bits per heavy atom. The molecule has 0 fully saturated rings. The Hall–Kier alpha value is -2.01. The van der Waals surface area contributed by atoms with Crippen LogP contribution >= 0.6 is 0 Å². The van der Waals surface area contributed by atoms with Gasteiger partial charge in [0.25, 0.3) is 0 Å². The number of nitrogens with one attached hydrogen (secondary N) is 1. The van der Waals surface area contributed by atoms with Crippen LogP contribution in [0.15, 0.2) is 53.6 Å². The molecule has 5 heteroatoms. The van der Waals surface area contributed by atoms with Gasteiger partial charge in [0.2, 0.25) is 5.91 Å². The molecule has 0 bridgehead atoms. The van der Waals surface area contributed by atoms with Gasteiger partial charge in [-0.3, -0.25) is 14.0 Å². The Balaban J connectivity index is 2.05. The molecule has 19 heavy (non-hydrogen) atoms. The Labute approximate surface area is 114 Å². The highest BCUT2D eigenvalue weighted by Crippen LogP contribution is 2.15. The zero-order chi connectivity index (χ0) is 13.7. The summed E-state index contributed by atoms with van der Waals surface area (Å²) in [7, 11) is -1.13. The van der Waals surface area contributed by atoms with Crippen LogP contribution in [0.25, 0.3) is 0 Å². The lowest BCUT2D eigenvalue weighted by atomic mass is 10.3. The van der Waals surface area contributed by atoms with Gasteiger partial charge in [0, 0.05) is 23.7 Å². The molecule has 0 aliphatic carbocycles. The fourth-order valence-corrected chi connectivity index (χ4v) is 2.64. The van der Waals surface area contributed by atoms with Crippen LogP contribution in [0.3, 0.4) is 0 Å². The summed E-state index contributed by atoms with van der Waals surface area (Å²) < 4.78 is 12.1. The van der Waals surface area contributed by atoms with Crippen molar-refractivity contribution in [3.8, 4) is 0 Å². The summed E-state index contributed by atoms with van der Waals surface area (Å²) in [6.45, 7) is 1.45. The molecule has 1 heterocycles. The maximum Gasteiger partial charge on any atom is 0.221 e. The monoisotopic (exact) mass is 274 g/mol. The van der Waals surface area contributed by atoms with E-state index in [2.05, 4.69) is 10.3 Å². The number of pyridine rings is 1. The lowest BCUT2D eigenvalue weighted by molar-refractivity contribution is -0.114. The Morgan fingerprint density at radius 3 is 2.53 bits per heavy atom. The molecule has 0 aliphatic rings. The van der Waals surface area contributed by atoms with Gasteiger partial charge in [-0.1, -0.05) is 6.07 Å². The highest BCUT2D eigenvalue weighted by molar-refractivity contribution is 7.84. The first-order chi connectivity index (χ1) is 9.15. The van der Waals surface area contributed by atoms with Gasteiger partial charge in [0.1, 0.15) is 0 Å². The summed E-state index contributed by atoms with van der Waals surface area (Å²) in [4.78, 5) is 15.8. The van der Waals surface area contributed by atoms with Crippen LogP contribution in [0, 0.1) is 0 Å². The molecular formula is C14H14N2O2S. The van der Waals surface area contributed by atoms with E-state index in [0.29, 0.717) is 11.4 Å². The van der Waals surface area contributed by atoms with Crippen molar-refractivity contribution in [2.75, 3.05) is 5.32 Å². The number of hydrogen-bond acceptors (Lipinski definition) is 3. The first kappa shape index (κ1) is 13.4.